The molecule has 2 aromatic rings. The third-order valence-corrected chi connectivity index (χ3v) is 2.07. The van der Waals surface area contributed by atoms with Gasteiger partial charge in [-0.25, -0.2) is 15.0 Å². The van der Waals surface area contributed by atoms with Crippen molar-refractivity contribution < 1.29 is 0 Å². The Morgan fingerprint density at radius 3 is 2.80 bits per heavy atom. The second-order valence-electron chi connectivity index (χ2n) is 2.53. The summed E-state index contributed by atoms with van der Waals surface area (Å²) in [5.74, 6) is 1.07. The number of aromatic nitrogens is 5. The highest BCUT2D eigenvalue weighted by molar-refractivity contribution is 7.98. The second kappa shape index (κ2) is 4.65. The van der Waals surface area contributed by atoms with E-state index in [0.29, 0.717) is 16.9 Å². The van der Waals surface area contributed by atoms with Crippen LogP contribution in [-0.2, 0) is 0 Å². The molecule has 0 aliphatic heterocycles. The zero-order valence-corrected chi connectivity index (χ0v) is 8.77. The third kappa shape index (κ3) is 2.59. The van der Waals surface area contributed by atoms with Crippen molar-refractivity contribution >= 4 is 23.5 Å². The van der Waals surface area contributed by atoms with Crippen LogP contribution >= 0.6 is 11.8 Å². The van der Waals surface area contributed by atoms with Gasteiger partial charge in [-0.2, -0.15) is 5.10 Å². The van der Waals surface area contributed by atoms with Crippen LogP contribution in [0.5, 0.6) is 0 Å². The van der Waals surface area contributed by atoms with Crippen LogP contribution < -0.4 is 5.32 Å². The maximum Gasteiger partial charge on any atom is 0.228 e. The van der Waals surface area contributed by atoms with Gasteiger partial charge in [-0.05, 0) is 12.3 Å². The molecule has 0 atom stereocenters. The molecule has 0 spiro atoms. The van der Waals surface area contributed by atoms with Crippen molar-refractivity contribution in [2.45, 2.75) is 5.16 Å². The van der Waals surface area contributed by atoms with Gasteiger partial charge in [0.1, 0.15) is 0 Å². The molecule has 0 bridgehead atoms. The molecule has 0 radical (unpaired) electrons. The minimum atomic E-state index is 0.491. The Balaban J connectivity index is 2.17. The van der Waals surface area contributed by atoms with Gasteiger partial charge in [0.25, 0.3) is 0 Å². The van der Waals surface area contributed by atoms with Crippen LogP contribution in [-0.4, -0.2) is 31.4 Å². The lowest BCUT2D eigenvalue weighted by Gasteiger charge is -2.02. The average Bonchev–Trinajstić information content (AvgIpc) is 2.31. The van der Waals surface area contributed by atoms with Crippen LogP contribution in [0.3, 0.4) is 0 Å². The van der Waals surface area contributed by atoms with E-state index in [1.54, 1.807) is 18.5 Å². The molecule has 0 saturated carbocycles. The molecule has 2 heterocycles. The molecular formula is C8H8N6S. The number of rotatable bonds is 3. The molecule has 15 heavy (non-hydrogen) atoms. The fourth-order valence-electron chi connectivity index (χ4n) is 0.912. The first kappa shape index (κ1) is 9.78. The summed E-state index contributed by atoms with van der Waals surface area (Å²) in [5.41, 5.74) is 0. The summed E-state index contributed by atoms with van der Waals surface area (Å²) in [6.45, 7) is 0. The minimum Gasteiger partial charge on any atom is -0.307 e. The van der Waals surface area contributed by atoms with Crippen LogP contribution in [0, 0.1) is 0 Å². The fraction of sp³-hybridized carbons (Fsp3) is 0.125. The SMILES string of the molecule is CSc1nncc(Nc2ncccn2)n1. The number of hydrogen-bond donors (Lipinski definition) is 1. The topological polar surface area (TPSA) is 76.5 Å². The van der Waals surface area contributed by atoms with Crippen molar-refractivity contribution in [2.75, 3.05) is 11.6 Å². The van der Waals surface area contributed by atoms with E-state index in [0.717, 1.165) is 0 Å². The van der Waals surface area contributed by atoms with Crippen molar-refractivity contribution in [3.8, 4) is 0 Å². The zero-order valence-electron chi connectivity index (χ0n) is 7.95. The second-order valence-corrected chi connectivity index (χ2v) is 3.30. The Labute approximate surface area is 90.6 Å². The molecule has 0 aliphatic carbocycles. The van der Waals surface area contributed by atoms with Crippen molar-refractivity contribution in [2.24, 2.45) is 0 Å². The van der Waals surface area contributed by atoms with Crippen molar-refractivity contribution in [3.63, 3.8) is 0 Å². The maximum atomic E-state index is 4.18. The highest BCUT2D eigenvalue weighted by Crippen LogP contribution is 2.11. The van der Waals surface area contributed by atoms with Crippen LogP contribution in [0.2, 0.25) is 0 Å². The van der Waals surface area contributed by atoms with Gasteiger partial charge >= 0.3 is 0 Å². The summed E-state index contributed by atoms with van der Waals surface area (Å²) >= 11 is 1.43. The molecule has 2 rings (SSSR count). The monoisotopic (exact) mass is 220 g/mol. The quantitative estimate of drug-likeness (QED) is 0.777. The minimum absolute atomic E-state index is 0.491. The lowest BCUT2D eigenvalue weighted by Crippen LogP contribution is -2.00. The predicted molar refractivity (Wildman–Crippen MR) is 56.9 cm³/mol. The van der Waals surface area contributed by atoms with Gasteiger partial charge in [0.15, 0.2) is 5.82 Å². The largest absolute Gasteiger partial charge is 0.307 e. The van der Waals surface area contributed by atoms with Crippen LogP contribution in [0.1, 0.15) is 0 Å². The number of nitrogens with zero attached hydrogens (tertiary/aromatic N) is 5. The maximum absolute atomic E-state index is 4.18. The van der Waals surface area contributed by atoms with Crippen LogP contribution in [0.25, 0.3) is 0 Å². The Kier molecular flexibility index (Phi) is 3.03. The van der Waals surface area contributed by atoms with E-state index in [2.05, 4.69) is 30.5 Å². The molecular weight excluding hydrogens is 212 g/mol. The lowest BCUT2D eigenvalue weighted by atomic mass is 10.6. The number of hydrogen-bond acceptors (Lipinski definition) is 7. The summed E-state index contributed by atoms with van der Waals surface area (Å²) in [5, 5.41) is 11.2. The van der Waals surface area contributed by atoms with Gasteiger partial charge in [0.2, 0.25) is 11.1 Å². The van der Waals surface area contributed by atoms with E-state index in [-0.39, 0.29) is 0 Å². The van der Waals surface area contributed by atoms with Gasteiger partial charge < -0.3 is 5.32 Å². The molecule has 0 amide bonds. The van der Waals surface area contributed by atoms with E-state index in [9.17, 15) is 0 Å². The predicted octanol–water partition coefficient (Wildman–Crippen LogP) is 1.13. The van der Waals surface area contributed by atoms with Crippen molar-refractivity contribution in [1.29, 1.82) is 0 Å². The van der Waals surface area contributed by atoms with E-state index < -0.39 is 0 Å². The average molecular weight is 220 g/mol. The molecule has 6 nitrogen and oxygen atoms in total. The molecule has 2 aromatic heterocycles. The van der Waals surface area contributed by atoms with Crippen LogP contribution in [0.4, 0.5) is 11.8 Å². The summed E-state index contributed by atoms with van der Waals surface area (Å²) in [4.78, 5) is 12.2. The smallest absolute Gasteiger partial charge is 0.228 e. The Bertz CT molecular complexity index is 434. The van der Waals surface area contributed by atoms with Gasteiger partial charge in [-0.15, -0.1) is 5.10 Å². The third-order valence-electron chi connectivity index (χ3n) is 1.53. The Morgan fingerprint density at radius 2 is 2.07 bits per heavy atom. The summed E-state index contributed by atoms with van der Waals surface area (Å²) in [7, 11) is 0. The van der Waals surface area contributed by atoms with Gasteiger partial charge in [-0.1, -0.05) is 11.8 Å². The van der Waals surface area contributed by atoms with E-state index in [4.69, 9.17) is 0 Å². The van der Waals surface area contributed by atoms with Gasteiger partial charge in [0.05, 0.1) is 6.20 Å². The number of nitrogens with one attached hydrogen (secondary N) is 1. The lowest BCUT2D eigenvalue weighted by molar-refractivity contribution is 0.844. The highest BCUT2D eigenvalue weighted by atomic mass is 32.2. The van der Waals surface area contributed by atoms with E-state index in [1.165, 1.54) is 18.0 Å². The zero-order chi connectivity index (χ0) is 10.5. The molecule has 0 aromatic carbocycles. The van der Waals surface area contributed by atoms with Gasteiger partial charge in [0, 0.05) is 12.4 Å². The van der Waals surface area contributed by atoms with E-state index in [1.807, 2.05) is 6.26 Å². The first-order valence-electron chi connectivity index (χ1n) is 4.16. The van der Waals surface area contributed by atoms with Crippen molar-refractivity contribution in [3.05, 3.63) is 24.7 Å². The standard InChI is InChI=1S/C8H8N6S/c1-15-8-13-6(5-11-14-8)12-7-9-3-2-4-10-7/h2-5H,1H3,(H,9,10,12,13,14). The molecule has 0 unspecified atom stereocenters. The summed E-state index contributed by atoms with van der Waals surface area (Å²) < 4.78 is 0. The number of anilines is 2. The highest BCUT2D eigenvalue weighted by Gasteiger charge is 2.00. The molecule has 0 fully saturated rings. The first-order chi connectivity index (χ1) is 7.38. The molecule has 1 N–H and O–H groups in total. The summed E-state index contributed by atoms with van der Waals surface area (Å²) in [6, 6.07) is 1.75. The van der Waals surface area contributed by atoms with Crippen LogP contribution in [0.15, 0.2) is 29.8 Å². The fourth-order valence-corrected chi connectivity index (χ4v) is 1.23. The molecule has 0 aliphatic rings. The Morgan fingerprint density at radius 1 is 1.27 bits per heavy atom. The molecule has 0 saturated heterocycles. The Hall–Kier alpha value is -1.76. The molecule has 7 heteroatoms. The van der Waals surface area contributed by atoms with E-state index >= 15 is 0 Å². The number of thioether (sulfide) groups is 1. The first-order valence-corrected chi connectivity index (χ1v) is 5.39. The normalized spacial score (nSPS) is 9.93. The molecule has 76 valence electrons. The van der Waals surface area contributed by atoms with Crippen molar-refractivity contribution in [1.82, 2.24) is 25.1 Å². The summed E-state index contributed by atoms with van der Waals surface area (Å²) in [6.07, 6.45) is 6.72. The van der Waals surface area contributed by atoms with Gasteiger partial charge in [-0.3, -0.25) is 0 Å².